The number of hydrogen-bond donors (Lipinski definition) is 0. The first-order chi connectivity index (χ1) is 24.0. The maximum absolute atomic E-state index is 2.49. The van der Waals surface area contributed by atoms with Crippen LogP contribution < -0.4 is 0 Å². The van der Waals surface area contributed by atoms with Gasteiger partial charge in [0.05, 0.1) is 5.41 Å². The maximum atomic E-state index is 2.49. The van der Waals surface area contributed by atoms with E-state index in [1.54, 1.807) is 0 Å². The van der Waals surface area contributed by atoms with Gasteiger partial charge in [0.25, 0.3) is 0 Å². The zero-order valence-electron chi connectivity index (χ0n) is 28.1. The van der Waals surface area contributed by atoms with Crippen LogP contribution in [0.25, 0.3) is 43.8 Å². The zero-order valence-corrected chi connectivity index (χ0v) is 28.1. The van der Waals surface area contributed by atoms with Crippen LogP contribution in [0, 0.1) is 13.8 Å². The largest absolute Gasteiger partial charge is 0.0713 e. The summed E-state index contributed by atoms with van der Waals surface area (Å²) in [6.45, 7) is 6.86. The molecule has 0 radical (unpaired) electrons. The predicted molar refractivity (Wildman–Crippen MR) is 206 cm³/mol. The summed E-state index contributed by atoms with van der Waals surface area (Å²) >= 11 is 0. The van der Waals surface area contributed by atoms with Crippen LogP contribution in [0.15, 0.2) is 164 Å². The van der Waals surface area contributed by atoms with Crippen LogP contribution in [0.3, 0.4) is 0 Å². The molecule has 0 heterocycles. The second kappa shape index (κ2) is 10.1. The maximum Gasteiger partial charge on any atom is 0.0713 e. The summed E-state index contributed by atoms with van der Waals surface area (Å²) in [6, 6.07) is 62.1. The summed E-state index contributed by atoms with van der Waals surface area (Å²) in [5.41, 5.74) is 16.6. The Morgan fingerprint density at radius 1 is 0.347 bits per heavy atom. The molecule has 1 atom stereocenters. The minimum Gasteiger partial charge on any atom is -0.0619 e. The van der Waals surface area contributed by atoms with Gasteiger partial charge in [0.1, 0.15) is 0 Å². The van der Waals surface area contributed by atoms with Crippen LogP contribution in [0.4, 0.5) is 0 Å². The van der Waals surface area contributed by atoms with Crippen LogP contribution >= 0.6 is 0 Å². The Bertz CT molecular complexity index is 2570. The van der Waals surface area contributed by atoms with Gasteiger partial charge >= 0.3 is 0 Å². The van der Waals surface area contributed by atoms with Crippen molar-refractivity contribution in [1.82, 2.24) is 0 Å². The molecule has 232 valence electrons. The van der Waals surface area contributed by atoms with Gasteiger partial charge in [0, 0.05) is 5.41 Å². The van der Waals surface area contributed by atoms with Crippen LogP contribution in [-0.4, -0.2) is 0 Å². The Balaban J connectivity index is 1.38. The molecule has 2 aliphatic carbocycles. The van der Waals surface area contributed by atoms with Crippen LogP contribution in [0.5, 0.6) is 0 Å². The van der Waals surface area contributed by atoms with Gasteiger partial charge in [0.2, 0.25) is 0 Å². The van der Waals surface area contributed by atoms with Gasteiger partial charge in [-0.1, -0.05) is 175 Å². The molecule has 0 aliphatic heterocycles. The first-order valence-corrected chi connectivity index (χ1v) is 17.4. The standard InChI is InChI=1S/C49H36/c1-31-23-27-33(28-24-31)49(34-29-25-32(2)26-30-34)42-20-11-9-18-40(42)46-43(21-12-22-44(46)49)48(3)41-19-10-8-17-39(41)45-37-15-6-4-13-35(37)36-14-5-7-16-38(36)47(45)48/h4-30H,1-3H3. The third-order valence-electron chi connectivity index (χ3n) is 11.7. The van der Waals surface area contributed by atoms with Crippen LogP contribution in [0.1, 0.15) is 57.0 Å². The molecule has 8 aromatic rings. The van der Waals surface area contributed by atoms with E-state index in [-0.39, 0.29) is 0 Å². The normalized spacial score (nSPS) is 16.7. The van der Waals surface area contributed by atoms with Crippen molar-refractivity contribution in [2.45, 2.75) is 31.6 Å². The molecule has 8 aromatic carbocycles. The van der Waals surface area contributed by atoms with Gasteiger partial charge in [0.15, 0.2) is 0 Å². The first kappa shape index (κ1) is 28.3. The Labute approximate surface area is 288 Å². The van der Waals surface area contributed by atoms with Gasteiger partial charge < -0.3 is 0 Å². The number of fused-ring (bicyclic) bond motifs is 11. The SMILES string of the molecule is Cc1ccc(C2(c3ccc(C)cc3)c3ccccc3-c3c(C4(C)c5ccccc5-c5c4c4ccccc4c4ccccc54)cccc32)cc1. The van der Waals surface area contributed by atoms with E-state index in [0.717, 1.165) is 0 Å². The lowest BCUT2D eigenvalue weighted by atomic mass is 9.66. The minimum absolute atomic E-state index is 0.398. The van der Waals surface area contributed by atoms with Gasteiger partial charge in [-0.15, -0.1) is 0 Å². The fraction of sp³-hybridized carbons (Fsp3) is 0.102. The molecular formula is C49H36. The summed E-state index contributed by atoms with van der Waals surface area (Å²) in [5.74, 6) is 0. The van der Waals surface area contributed by atoms with E-state index in [0.29, 0.717) is 0 Å². The molecule has 1 unspecified atom stereocenters. The average molecular weight is 625 g/mol. The van der Waals surface area contributed by atoms with Crippen LogP contribution in [-0.2, 0) is 10.8 Å². The summed E-state index contributed by atoms with van der Waals surface area (Å²) in [7, 11) is 0. The molecule has 0 saturated heterocycles. The lowest BCUT2D eigenvalue weighted by Crippen LogP contribution is -2.29. The third-order valence-corrected chi connectivity index (χ3v) is 11.7. The molecule has 0 heteroatoms. The summed E-state index contributed by atoms with van der Waals surface area (Å²) in [6.07, 6.45) is 0. The predicted octanol–water partition coefficient (Wildman–Crippen LogP) is 12.3. The van der Waals surface area contributed by atoms with Crippen molar-refractivity contribution >= 4 is 21.5 Å². The highest BCUT2D eigenvalue weighted by atomic mass is 14.5. The summed E-state index contributed by atoms with van der Waals surface area (Å²) in [4.78, 5) is 0. The molecule has 10 rings (SSSR count). The van der Waals surface area contributed by atoms with E-state index < -0.39 is 10.8 Å². The minimum atomic E-state index is -0.452. The average Bonchev–Trinajstić information content (AvgIpc) is 3.61. The molecule has 0 N–H and O–H groups in total. The van der Waals surface area contributed by atoms with Crippen molar-refractivity contribution in [3.05, 3.63) is 214 Å². The monoisotopic (exact) mass is 624 g/mol. The Morgan fingerprint density at radius 3 is 1.43 bits per heavy atom. The smallest absolute Gasteiger partial charge is 0.0619 e. The highest BCUT2D eigenvalue weighted by Gasteiger charge is 2.51. The van der Waals surface area contributed by atoms with E-state index >= 15 is 0 Å². The van der Waals surface area contributed by atoms with Gasteiger partial charge in [-0.3, -0.25) is 0 Å². The van der Waals surface area contributed by atoms with Crippen molar-refractivity contribution in [2.75, 3.05) is 0 Å². The lowest BCUT2D eigenvalue weighted by Gasteiger charge is -2.35. The topological polar surface area (TPSA) is 0 Å². The fourth-order valence-corrected chi connectivity index (χ4v) is 9.63. The molecule has 2 aliphatic rings. The molecule has 49 heavy (non-hydrogen) atoms. The molecular weight excluding hydrogens is 589 g/mol. The first-order valence-electron chi connectivity index (χ1n) is 17.4. The number of rotatable bonds is 3. The van der Waals surface area contributed by atoms with E-state index in [4.69, 9.17) is 0 Å². The number of benzene rings is 8. The van der Waals surface area contributed by atoms with E-state index in [1.807, 2.05) is 0 Å². The fourth-order valence-electron chi connectivity index (χ4n) is 9.63. The van der Waals surface area contributed by atoms with Crippen molar-refractivity contribution in [1.29, 1.82) is 0 Å². The van der Waals surface area contributed by atoms with Crippen molar-refractivity contribution < 1.29 is 0 Å². The van der Waals surface area contributed by atoms with Crippen molar-refractivity contribution in [2.24, 2.45) is 0 Å². The number of hydrogen-bond acceptors (Lipinski definition) is 0. The lowest BCUT2D eigenvalue weighted by molar-refractivity contribution is 0.717. The number of aryl methyl sites for hydroxylation is 2. The summed E-state index contributed by atoms with van der Waals surface area (Å²) < 4.78 is 0. The Kier molecular flexibility index (Phi) is 5.86. The molecule has 0 aromatic heterocycles. The Hall–Kier alpha value is -5.72. The molecule has 0 nitrogen and oxygen atoms in total. The second-order valence-electron chi connectivity index (χ2n) is 14.3. The van der Waals surface area contributed by atoms with Gasteiger partial charge in [-0.2, -0.15) is 0 Å². The van der Waals surface area contributed by atoms with Gasteiger partial charge in [-0.25, -0.2) is 0 Å². The van der Waals surface area contributed by atoms with E-state index in [9.17, 15) is 0 Å². The highest BCUT2D eigenvalue weighted by molar-refractivity contribution is 6.18. The molecule has 0 spiro atoms. The van der Waals surface area contributed by atoms with Gasteiger partial charge in [-0.05, 0) is 104 Å². The third kappa shape index (κ3) is 3.59. The van der Waals surface area contributed by atoms with Crippen molar-refractivity contribution in [3.63, 3.8) is 0 Å². The zero-order chi connectivity index (χ0) is 32.9. The molecule has 0 saturated carbocycles. The van der Waals surface area contributed by atoms with E-state index in [2.05, 4.69) is 185 Å². The highest BCUT2D eigenvalue weighted by Crippen LogP contribution is 2.63. The summed E-state index contributed by atoms with van der Waals surface area (Å²) in [5, 5.41) is 5.30. The van der Waals surface area contributed by atoms with Crippen LogP contribution in [0.2, 0.25) is 0 Å². The van der Waals surface area contributed by atoms with Crippen molar-refractivity contribution in [3.8, 4) is 22.3 Å². The Morgan fingerprint density at radius 2 is 0.796 bits per heavy atom. The quantitative estimate of drug-likeness (QED) is 0.172. The second-order valence-corrected chi connectivity index (χ2v) is 14.3. The van der Waals surface area contributed by atoms with E-state index in [1.165, 1.54) is 93.9 Å². The molecule has 0 bridgehead atoms. The molecule has 0 amide bonds. The molecule has 0 fully saturated rings.